The number of aromatic nitrogens is 4. The van der Waals surface area contributed by atoms with Crippen LogP contribution in [0.5, 0.6) is 5.88 Å². The monoisotopic (exact) mass is 313 g/mol. The van der Waals surface area contributed by atoms with Crippen LogP contribution >= 0.6 is 0 Å². The molecule has 3 aromatic rings. The van der Waals surface area contributed by atoms with Crippen LogP contribution in [0.1, 0.15) is 24.4 Å². The van der Waals surface area contributed by atoms with Gasteiger partial charge in [-0.25, -0.2) is 19.3 Å². The summed E-state index contributed by atoms with van der Waals surface area (Å²) in [5, 5.41) is 0. The van der Waals surface area contributed by atoms with Gasteiger partial charge in [0, 0.05) is 12.1 Å². The number of anilines is 1. The zero-order valence-corrected chi connectivity index (χ0v) is 12.7. The van der Waals surface area contributed by atoms with Gasteiger partial charge in [-0.15, -0.1) is 0 Å². The number of ether oxygens (including phenoxy) is 1. The minimum absolute atomic E-state index is 0.000946. The largest absolute Gasteiger partial charge is 0.481 e. The summed E-state index contributed by atoms with van der Waals surface area (Å²) >= 11 is 0. The number of aromatic amines is 1. The number of nitrogens with zero attached hydrogens (tertiary/aromatic N) is 4. The van der Waals surface area contributed by atoms with E-state index in [2.05, 4.69) is 24.8 Å². The first kappa shape index (κ1) is 13.9. The number of imidazole rings is 1. The number of nitrogens with one attached hydrogen (secondary N) is 1. The van der Waals surface area contributed by atoms with Crippen molar-refractivity contribution in [1.29, 1.82) is 0 Å². The number of hydrogen-bond acceptors (Lipinski definition) is 5. The van der Waals surface area contributed by atoms with E-state index in [1.54, 1.807) is 13.4 Å². The van der Waals surface area contributed by atoms with Gasteiger partial charge >= 0.3 is 0 Å². The Morgan fingerprint density at radius 2 is 2.26 bits per heavy atom. The summed E-state index contributed by atoms with van der Waals surface area (Å²) in [6, 6.07) is 5.38. The quantitative estimate of drug-likeness (QED) is 0.805. The fourth-order valence-corrected chi connectivity index (χ4v) is 3.19. The van der Waals surface area contributed by atoms with Crippen molar-refractivity contribution >= 4 is 17.0 Å². The van der Waals surface area contributed by atoms with E-state index in [0.29, 0.717) is 5.88 Å². The second-order valence-electron chi connectivity index (χ2n) is 5.54. The summed E-state index contributed by atoms with van der Waals surface area (Å²) in [5.74, 6) is 0.950. The smallest absolute Gasteiger partial charge is 0.218 e. The lowest BCUT2D eigenvalue weighted by molar-refractivity contribution is 0.385. The molecular formula is C16H16FN5O. The van der Waals surface area contributed by atoms with Gasteiger partial charge in [0.25, 0.3) is 0 Å². The average molecular weight is 313 g/mol. The van der Waals surface area contributed by atoms with E-state index < -0.39 is 0 Å². The first-order valence-electron chi connectivity index (χ1n) is 7.52. The maximum atomic E-state index is 13.7. The zero-order valence-electron chi connectivity index (χ0n) is 12.7. The van der Waals surface area contributed by atoms with Crippen molar-refractivity contribution in [2.75, 3.05) is 18.6 Å². The number of fused-ring (bicyclic) bond motifs is 1. The summed E-state index contributed by atoms with van der Waals surface area (Å²) < 4.78 is 19.0. The van der Waals surface area contributed by atoms with E-state index in [1.165, 1.54) is 12.3 Å². The van der Waals surface area contributed by atoms with Crippen LogP contribution in [0.4, 0.5) is 10.2 Å². The maximum Gasteiger partial charge on any atom is 0.218 e. The zero-order chi connectivity index (χ0) is 15.8. The third-order valence-electron chi connectivity index (χ3n) is 4.21. The van der Waals surface area contributed by atoms with Crippen LogP contribution in [0.25, 0.3) is 11.2 Å². The van der Waals surface area contributed by atoms with E-state index >= 15 is 0 Å². The Hall–Kier alpha value is -2.70. The summed E-state index contributed by atoms with van der Waals surface area (Å²) in [6.45, 7) is 0.858. The molecule has 0 amide bonds. The third-order valence-corrected chi connectivity index (χ3v) is 4.21. The second kappa shape index (κ2) is 5.49. The molecule has 118 valence electrons. The lowest BCUT2D eigenvalue weighted by Crippen LogP contribution is -2.24. The predicted molar refractivity (Wildman–Crippen MR) is 84.0 cm³/mol. The normalized spacial score (nSPS) is 17.8. The summed E-state index contributed by atoms with van der Waals surface area (Å²) in [5.41, 5.74) is 2.34. The van der Waals surface area contributed by atoms with E-state index in [-0.39, 0.29) is 11.9 Å². The van der Waals surface area contributed by atoms with Gasteiger partial charge in [0.1, 0.15) is 17.2 Å². The highest BCUT2D eigenvalue weighted by Crippen LogP contribution is 2.38. The van der Waals surface area contributed by atoms with Crippen LogP contribution in [0, 0.1) is 5.82 Å². The van der Waals surface area contributed by atoms with Crippen molar-refractivity contribution in [3.8, 4) is 5.88 Å². The van der Waals surface area contributed by atoms with Gasteiger partial charge in [0.05, 0.1) is 25.7 Å². The lowest BCUT2D eigenvalue weighted by Gasteiger charge is -2.26. The number of H-pyrrole nitrogens is 1. The van der Waals surface area contributed by atoms with Crippen LogP contribution in [0.15, 0.2) is 30.7 Å². The predicted octanol–water partition coefficient (Wildman–Crippen LogP) is 2.84. The topological polar surface area (TPSA) is 66.9 Å². The molecule has 4 heterocycles. The summed E-state index contributed by atoms with van der Waals surface area (Å²) in [4.78, 5) is 18.1. The highest BCUT2D eigenvalue weighted by Gasteiger charge is 2.30. The molecule has 1 atom stereocenters. The Bertz CT molecular complexity index is 849. The summed E-state index contributed by atoms with van der Waals surface area (Å²) in [6.07, 6.45) is 4.72. The van der Waals surface area contributed by atoms with Crippen molar-refractivity contribution in [2.45, 2.75) is 18.9 Å². The van der Waals surface area contributed by atoms with Crippen molar-refractivity contribution in [3.05, 3.63) is 42.1 Å². The van der Waals surface area contributed by atoms with Gasteiger partial charge in [0.15, 0.2) is 5.65 Å². The first-order chi connectivity index (χ1) is 11.3. The van der Waals surface area contributed by atoms with Gasteiger partial charge < -0.3 is 14.6 Å². The average Bonchev–Trinajstić information content (AvgIpc) is 3.23. The highest BCUT2D eigenvalue weighted by molar-refractivity contribution is 5.72. The molecule has 3 aromatic heterocycles. The number of hydrogen-bond donors (Lipinski definition) is 1. The minimum atomic E-state index is -0.357. The Morgan fingerprint density at radius 3 is 3.13 bits per heavy atom. The number of methoxy groups -OCH3 is 1. The number of halogens is 1. The van der Waals surface area contributed by atoms with Gasteiger partial charge in [0.2, 0.25) is 5.88 Å². The Kier molecular flexibility index (Phi) is 3.33. The molecule has 23 heavy (non-hydrogen) atoms. The fraction of sp³-hybridized carbons (Fsp3) is 0.312. The van der Waals surface area contributed by atoms with E-state index in [1.807, 2.05) is 12.1 Å². The molecule has 7 heteroatoms. The molecule has 0 radical (unpaired) electrons. The Balaban J connectivity index is 1.75. The standard InChI is InChI=1S/C16H16FN5O/c1-23-16-11(7-10(17)8-18-16)13-3-2-6-22(13)14-5-4-12-15(21-14)20-9-19-12/h4-5,7-9,13H,2-3,6H2,1H3,(H,19,20,21). The Morgan fingerprint density at radius 1 is 1.35 bits per heavy atom. The molecule has 1 saturated heterocycles. The van der Waals surface area contributed by atoms with Crippen molar-refractivity contribution < 1.29 is 9.13 Å². The van der Waals surface area contributed by atoms with Gasteiger partial charge in [-0.05, 0) is 31.0 Å². The first-order valence-corrected chi connectivity index (χ1v) is 7.52. The van der Waals surface area contributed by atoms with Crippen molar-refractivity contribution in [1.82, 2.24) is 19.9 Å². The summed E-state index contributed by atoms with van der Waals surface area (Å²) in [7, 11) is 1.55. The molecule has 1 unspecified atom stereocenters. The highest BCUT2D eigenvalue weighted by atomic mass is 19.1. The molecular weight excluding hydrogens is 297 g/mol. The molecule has 1 fully saturated rings. The fourth-order valence-electron chi connectivity index (χ4n) is 3.19. The lowest BCUT2D eigenvalue weighted by atomic mass is 10.1. The van der Waals surface area contributed by atoms with Gasteiger partial charge in [-0.1, -0.05) is 0 Å². The van der Waals surface area contributed by atoms with Gasteiger partial charge in [-0.3, -0.25) is 0 Å². The second-order valence-corrected chi connectivity index (χ2v) is 5.54. The number of rotatable bonds is 3. The molecule has 1 aliphatic heterocycles. The molecule has 4 rings (SSSR count). The molecule has 1 aliphatic rings. The van der Waals surface area contributed by atoms with Crippen molar-refractivity contribution in [3.63, 3.8) is 0 Å². The third kappa shape index (κ3) is 2.38. The molecule has 0 aliphatic carbocycles. The van der Waals surface area contributed by atoms with Crippen LogP contribution in [-0.4, -0.2) is 33.6 Å². The van der Waals surface area contributed by atoms with Gasteiger partial charge in [-0.2, -0.15) is 0 Å². The SMILES string of the molecule is COc1ncc(F)cc1C1CCCN1c1ccc2nc[nH]c2n1. The van der Waals surface area contributed by atoms with Crippen LogP contribution in [-0.2, 0) is 0 Å². The molecule has 0 spiro atoms. The number of pyridine rings is 2. The van der Waals surface area contributed by atoms with E-state index in [9.17, 15) is 4.39 Å². The maximum absolute atomic E-state index is 13.7. The molecule has 0 saturated carbocycles. The minimum Gasteiger partial charge on any atom is -0.481 e. The van der Waals surface area contributed by atoms with E-state index in [4.69, 9.17) is 4.74 Å². The molecule has 0 aromatic carbocycles. The van der Waals surface area contributed by atoms with Crippen LogP contribution in [0.3, 0.4) is 0 Å². The Labute approximate surface area is 132 Å². The molecule has 0 bridgehead atoms. The van der Waals surface area contributed by atoms with E-state index in [0.717, 1.165) is 41.9 Å². The van der Waals surface area contributed by atoms with Crippen LogP contribution < -0.4 is 9.64 Å². The van der Waals surface area contributed by atoms with Crippen LogP contribution in [0.2, 0.25) is 0 Å². The molecule has 1 N–H and O–H groups in total. The molecule has 6 nitrogen and oxygen atoms in total. The van der Waals surface area contributed by atoms with Crippen molar-refractivity contribution in [2.24, 2.45) is 0 Å².